The number of aryl methyl sites for hydroxylation is 1. The molecule has 2 N–H and O–H groups in total. The summed E-state index contributed by atoms with van der Waals surface area (Å²) in [4.78, 5) is 26.1. The number of aliphatic hydroxyl groups excluding tert-OH is 1. The molecule has 1 aliphatic rings. The molecule has 1 fully saturated rings. The maximum atomic E-state index is 12.7. The molecule has 2 aromatic carbocycles. The highest BCUT2D eigenvalue weighted by Crippen LogP contribution is 2.30. The summed E-state index contributed by atoms with van der Waals surface area (Å²) < 4.78 is 43.3. The van der Waals surface area contributed by atoms with Gasteiger partial charge in [-0.25, -0.2) is 9.97 Å². The monoisotopic (exact) mass is 503 g/mol. The second kappa shape index (κ2) is 11.1. The van der Waals surface area contributed by atoms with Gasteiger partial charge in [0.25, 0.3) is 5.91 Å². The minimum atomic E-state index is -4.43. The Morgan fingerprint density at radius 1 is 1.08 bits per heavy atom. The van der Waals surface area contributed by atoms with Crippen molar-refractivity contribution in [2.75, 3.05) is 56.2 Å². The number of nitrogens with one attached hydrogen (secondary N) is 1. The average molecular weight is 504 g/mol. The molecule has 36 heavy (non-hydrogen) atoms. The van der Waals surface area contributed by atoms with E-state index in [0.717, 1.165) is 61.3 Å². The van der Waals surface area contributed by atoms with Crippen LogP contribution in [0, 0.1) is 6.92 Å². The number of nitrogens with zero attached hydrogens (tertiary/aromatic N) is 4. The highest BCUT2D eigenvalue weighted by Gasteiger charge is 2.30. The lowest BCUT2D eigenvalue weighted by molar-refractivity contribution is -0.137. The summed E-state index contributed by atoms with van der Waals surface area (Å²) in [6, 6.07) is 9.51. The molecular formula is C25H28F3N5O3. The van der Waals surface area contributed by atoms with Crippen LogP contribution >= 0.6 is 0 Å². The SMILES string of the molecule is Cc1nc(N2CCCN(CCO)CC2)nc2ccc(NC(=O)COc3ccc(C(F)(F)F)cc3)cc12. The summed E-state index contributed by atoms with van der Waals surface area (Å²) in [5, 5.41) is 12.7. The Kier molecular flexibility index (Phi) is 7.90. The molecule has 1 aliphatic heterocycles. The van der Waals surface area contributed by atoms with Crippen LogP contribution in [0.2, 0.25) is 0 Å². The van der Waals surface area contributed by atoms with Gasteiger partial charge in [-0.1, -0.05) is 0 Å². The molecule has 8 nitrogen and oxygen atoms in total. The number of carbonyl (C=O) groups excluding carboxylic acids is 1. The molecule has 0 saturated carbocycles. The number of carbonyl (C=O) groups is 1. The number of amides is 1. The van der Waals surface area contributed by atoms with E-state index in [1.165, 1.54) is 12.1 Å². The normalized spacial score (nSPS) is 15.1. The average Bonchev–Trinajstić information content (AvgIpc) is 3.09. The molecule has 2 heterocycles. The number of fused-ring (bicyclic) bond motifs is 1. The quantitative estimate of drug-likeness (QED) is 0.510. The molecule has 0 bridgehead atoms. The molecule has 1 amide bonds. The summed E-state index contributed by atoms with van der Waals surface area (Å²) in [7, 11) is 0. The van der Waals surface area contributed by atoms with Gasteiger partial charge in [0, 0.05) is 37.3 Å². The lowest BCUT2D eigenvalue weighted by Crippen LogP contribution is -2.33. The van der Waals surface area contributed by atoms with Crippen LogP contribution in [0.5, 0.6) is 5.75 Å². The molecule has 0 aliphatic carbocycles. The molecule has 192 valence electrons. The first-order valence-corrected chi connectivity index (χ1v) is 11.7. The summed E-state index contributed by atoms with van der Waals surface area (Å²) >= 11 is 0. The number of anilines is 2. The third-order valence-corrected chi connectivity index (χ3v) is 6.00. The zero-order valence-electron chi connectivity index (χ0n) is 19.9. The van der Waals surface area contributed by atoms with Crippen molar-refractivity contribution in [1.29, 1.82) is 0 Å². The Hall–Kier alpha value is -3.44. The molecule has 0 spiro atoms. The van der Waals surface area contributed by atoms with E-state index < -0.39 is 17.6 Å². The zero-order valence-corrected chi connectivity index (χ0v) is 19.9. The van der Waals surface area contributed by atoms with Crippen molar-refractivity contribution >= 4 is 28.4 Å². The number of hydrogen-bond donors (Lipinski definition) is 2. The van der Waals surface area contributed by atoms with Gasteiger partial charge < -0.3 is 20.1 Å². The smallest absolute Gasteiger partial charge is 0.416 e. The van der Waals surface area contributed by atoms with Crippen LogP contribution in [0.3, 0.4) is 0 Å². The van der Waals surface area contributed by atoms with E-state index in [-0.39, 0.29) is 19.0 Å². The minimum absolute atomic E-state index is 0.144. The highest BCUT2D eigenvalue weighted by molar-refractivity contribution is 5.95. The molecule has 1 aromatic heterocycles. The van der Waals surface area contributed by atoms with Crippen molar-refractivity contribution < 1.29 is 27.8 Å². The number of aromatic nitrogens is 2. The van der Waals surface area contributed by atoms with Crippen molar-refractivity contribution in [3.05, 3.63) is 53.7 Å². The number of halogens is 3. The van der Waals surface area contributed by atoms with Gasteiger partial charge >= 0.3 is 6.18 Å². The zero-order chi connectivity index (χ0) is 25.7. The van der Waals surface area contributed by atoms with Crippen LogP contribution < -0.4 is 15.0 Å². The predicted molar refractivity (Wildman–Crippen MR) is 130 cm³/mol. The number of benzene rings is 2. The summed E-state index contributed by atoms with van der Waals surface area (Å²) in [6.07, 6.45) is -3.47. The van der Waals surface area contributed by atoms with Crippen LogP contribution in [0.15, 0.2) is 42.5 Å². The molecule has 3 aromatic rings. The van der Waals surface area contributed by atoms with Gasteiger partial charge in [-0.3, -0.25) is 9.69 Å². The molecule has 4 rings (SSSR count). The van der Waals surface area contributed by atoms with Crippen molar-refractivity contribution in [3.8, 4) is 5.75 Å². The van der Waals surface area contributed by atoms with Gasteiger partial charge in [0.05, 0.1) is 23.4 Å². The van der Waals surface area contributed by atoms with E-state index in [9.17, 15) is 23.1 Å². The Morgan fingerprint density at radius 2 is 1.86 bits per heavy atom. The second-order valence-electron chi connectivity index (χ2n) is 8.61. The number of rotatable bonds is 7. The van der Waals surface area contributed by atoms with Gasteiger partial charge in [0.2, 0.25) is 5.95 Å². The van der Waals surface area contributed by atoms with Gasteiger partial charge in [-0.05, 0) is 62.4 Å². The van der Waals surface area contributed by atoms with Gasteiger partial charge in [0.1, 0.15) is 5.75 Å². The van der Waals surface area contributed by atoms with Gasteiger partial charge in [-0.15, -0.1) is 0 Å². The fourth-order valence-corrected chi connectivity index (χ4v) is 4.11. The van der Waals surface area contributed by atoms with E-state index >= 15 is 0 Å². The Balaban J connectivity index is 1.38. The van der Waals surface area contributed by atoms with Crippen LogP contribution in [-0.2, 0) is 11.0 Å². The largest absolute Gasteiger partial charge is 0.484 e. The first kappa shape index (κ1) is 25.6. The predicted octanol–water partition coefficient (Wildman–Crippen LogP) is 3.48. The second-order valence-corrected chi connectivity index (χ2v) is 8.61. The van der Waals surface area contributed by atoms with Crippen molar-refractivity contribution in [3.63, 3.8) is 0 Å². The van der Waals surface area contributed by atoms with Crippen LogP contribution in [0.4, 0.5) is 24.8 Å². The topological polar surface area (TPSA) is 90.8 Å². The van der Waals surface area contributed by atoms with E-state index in [0.29, 0.717) is 18.2 Å². The van der Waals surface area contributed by atoms with E-state index in [2.05, 4.69) is 20.1 Å². The molecule has 0 atom stereocenters. The summed E-state index contributed by atoms with van der Waals surface area (Å²) in [6.45, 7) is 5.72. The maximum absolute atomic E-state index is 12.7. The number of ether oxygens (including phenoxy) is 1. The number of hydrogen-bond acceptors (Lipinski definition) is 7. The lowest BCUT2D eigenvalue weighted by Gasteiger charge is -2.22. The number of aliphatic hydroxyl groups is 1. The van der Waals surface area contributed by atoms with Crippen LogP contribution in [0.25, 0.3) is 10.9 Å². The van der Waals surface area contributed by atoms with Gasteiger partial charge in [0.15, 0.2) is 6.61 Å². The Labute approximate surface area is 206 Å². The molecule has 1 saturated heterocycles. The van der Waals surface area contributed by atoms with Crippen LogP contribution in [0.1, 0.15) is 17.7 Å². The third kappa shape index (κ3) is 6.41. The van der Waals surface area contributed by atoms with Crippen molar-refractivity contribution in [1.82, 2.24) is 14.9 Å². The third-order valence-electron chi connectivity index (χ3n) is 6.00. The number of alkyl halides is 3. The van der Waals surface area contributed by atoms with E-state index in [1.807, 2.05) is 13.0 Å². The lowest BCUT2D eigenvalue weighted by atomic mass is 10.1. The van der Waals surface area contributed by atoms with Gasteiger partial charge in [-0.2, -0.15) is 13.2 Å². The van der Waals surface area contributed by atoms with Crippen LogP contribution in [-0.4, -0.2) is 71.8 Å². The highest BCUT2D eigenvalue weighted by atomic mass is 19.4. The van der Waals surface area contributed by atoms with Crippen molar-refractivity contribution in [2.24, 2.45) is 0 Å². The Bertz CT molecular complexity index is 1200. The van der Waals surface area contributed by atoms with E-state index in [4.69, 9.17) is 9.72 Å². The maximum Gasteiger partial charge on any atom is 0.416 e. The fraction of sp³-hybridized carbons (Fsp3) is 0.400. The molecular weight excluding hydrogens is 475 g/mol. The standard InChI is InChI=1S/C25H28F3N5O3/c1-17-21-15-19(30-23(35)16-36-20-6-3-18(4-7-20)25(26,27)28)5-8-22(21)31-24(29-17)33-10-2-9-32(11-12-33)13-14-34/h3-8,15,34H,2,9-14,16H2,1H3,(H,30,35). The molecule has 0 unspecified atom stereocenters. The summed E-state index contributed by atoms with van der Waals surface area (Å²) in [5.74, 6) is 0.385. The Morgan fingerprint density at radius 3 is 2.58 bits per heavy atom. The first-order chi connectivity index (χ1) is 17.2. The van der Waals surface area contributed by atoms with Crippen molar-refractivity contribution in [2.45, 2.75) is 19.5 Å². The number of β-amino-alcohol motifs (C(OH)–C–C–N with tert-alkyl or cyclic N) is 1. The van der Waals surface area contributed by atoms with E-state index in [1.54, 1.807) is 12.1 Å². The first-order valence-electron chi connectivity index (χ1n) is 11.7. The molecule has 0 radical (unpaired) electrons. The molecule has 11 heteroatoms. The fourth-order valence-electron chi connectivity index (χ4n) is 4.11. The minimum Gasteiger partial charge on any atom is -0.484 e. The summed E-state index contributed by atoms with van der Waals surface area (Å²) in [5.41, 5.74) is 1.30.